The Balaban J connectivity index is 2.69. The van der Waals surface area contributed by atoms with E-state index in [0.29, 0.717) is 5.92 Å². The number of aromatic amines is 1. The number of carbonyl (C=O) groups is 1. The van der Waals surface area contributed by atoms with Crippen LogP contribution in [0.25, 0.3) is 16.5 Å². The molecule has 0 aliphatic heterocycles. The van der Waals surface area contributed by atoms with Gasteiger partial charge in [-0.2, -0.15) is 0 Å². The maximum Gasteiger partial charge on any atom is 0.328 e. The fraction of sp³-hybridized carbons (Fsp3) is 0.312. The number of carboxylic acid groups (broad SMARTS) is 1. The van der Waals surface area contributed by atoms with Gasteiger partial charge in [0.05, 0.1) is 0 Å². The lowest BCUT2D eigenvalue weighted by Gasteiger charge is -2.06. The summed E-state index contributed by atoms with van der Waals surface area (Å²) in [7, 11) is 0. The van der Waals surface area contributed by atoms with E-state index in [1.54, 1.807) is 0 Å². The molecule has 2 aromatic rings. The average Bonchev–Trinajstić information content (AvgIpc) is 2.62. The van der Waals surface area contributed by atoms with Crippen molar-refractivity contribution in [1.29, 1.82) is 0 Å². The minimum Gasteiger partial charge on any atom is -0.478 e. The summed E-state index contributed by atoms with van der Waals surface area (Å²) in [5.41, 5.74) is 5.09. The summed E-state index contributed by atoms with van der Waals surface area (Å²) in [5.74, 6) is -0.456. The van der Waals surface area contributed by atoms with Crippen molar-refractivity contribution in [2.45, 2.75) is 33.6 Å². The molecule has 1 heterocycles. The van der Waals surface area contributed by atoms with Gasteiger partial charge in [-0.05, 0) is 43.0 Å². The number of allylic oxidation sites excluding steroid dienone is 1. The molecule has 3 nitrogen and oxygen atoms in total. The van der Waals surface area contributed by atoms with Gasteiger partial charge in [-0.25, -0.2) is 4.79 Å². The number of aromatic nitrogens is 1. The fourth-order valence-corrected chi connectivity index (χ4v) is 2.47. The molecular weight excluding hydrogens is 238 g/mol. The van der Waals surface area contributed by atoms with Gasteiger partial charge in [-0.15, -0.1) is 0 Å². The molecule has 0 radical (unpaired) electrons. The monoisotopic (exact) mass is 257 g/mol. The second-order valence-electron chi connectivity index (χ2n) is 5.25. The largest absolute Gasteiger partial charge is 0.478 e. The van der Waals surface area contributed by atoms with Crippen molar-refractivity contribution < 1.29 is 9.90 Å². The van der Waals surface area contributed by atoms with Crippen LogP contribution >= 0.6 is 0 Å². The molecule has 0 saturated heterocycles. The minimum atomic E-state index is -0.911. The number of benzene rings is 1. The molecule has 0 aliphatic rings. The summed E-state index contributed by atoms with van der Waals surface area (Å²) in [6.45, 7) is 8.12. The molecule has 2 N–H and O–H groups in total. The number of aryl methyl sites for hydroxylation is 1. The molecule has 0 unspecified atom stereocenters. The van der Waals surface area contributed by atoms with Crippen LogP contribution in [0.3, 0.4) is 0 Å². The summed E-state index contributed by atoms with van der Waals surface area (Å²) in [6.07, 6.45) is 1.26. The van der Waals surface area contributed by atoms with Crippen LogP contribution in [0.2, 0.25) is 0 Å². The van der Waals surface area contributed by atoms with Crippen molar-refractivity contribution in [1.82, 2.24) is 4.98 Å². The van der Waals surface area contributed by atoms with Crippen LogP contribution in [-0.4, -0.2) is 16.1 Å². The van der Waals surface area contributed by atoms with Gasteiger partial charge >= 0.3 is 5.97 Å². The zero-order valence-corrected chi connectivity index (χ0v) is 11.7. The predicted octanol–water partition coefficient (Wildman–Crippen LogP) is 4.09. The first-order valence-electron chi connectivity index (χ1n) is 6.44. The van der Waals surface area contributed by atoms with Gasteiger partial charge in [0.25, 0.3) is 0 Å². The SMILES string of the molecule is C/C(=C\C(=O)O)c1c(C)[nH]c2ccc(C(C)C)cc12. The predicted molar refractivity (Wildman–Crippen MR) is 78.4 cm³/mol. The molecular formula is C16H19NO2. The number of hydrogen-bond acceptors (Lipinski definition) is 1. The highest BCUT2D eigenvalue weighted by Crippen LogP contribution is 2.30. The first-order valence-corrected chi connectivity index (χ1v) is 6.44. The third-order valence-corrected chi connectivity index (χ3v) is 3.41. The minimum absolute atomic E-state index is 0.455. The van der Waals surface area contributed by atoms with Gasteiger partial charge in [0, 0.05) is 28.2 Å². The Bertz CT molecular complexity index is 663. The van der Waals surface area contributed by atoms with E-state index in [4.69, 9.17) is 5.11 Å². The van der Waals surface area contributed by atoms with E-state index in [1.807, 2.05) is 13.8 Å². The molecule has 0 saturated carbocycles. The Labute approximate surface area is 113 Å². The van der Waals surface area contributed by atoms with Crippen molar-refractivity contribution >= 4 is 22.4 Å². The lowest BCUT2D eigenvalue weighted by molar-refractivity contribution is -0.131. The third kappa shape index (κ3) is 2.55. The Kier molecular flexibility index (Phi) is 3.47. The number of carboxylic acids is 1. The van der Waals surface area contributed by atoms with E-state index in [2.05, 4.69) is 37.0 Å². The molecule has 0 atom stereocenters. The highest BCUT2D eigenvalue weighted by molar-refractivity contribution is 5.99. The van der Waals surface area contributed by atoms with E-state index < -0.39 is 5.97 Å². The Morgan fingerprint density at radius 2 is 2.05 bits per heavy atom. The molecule has 100 valence electrons. The quantitative estimate of drug-likeness (QED) is 0.814. The van der Waals surface area contributed by atoms with E-state index in [1.165, 1.54) is 11.6 Å². The molecule has 2 rings (SSSR count). The topological polar surface area (TPSA) is 53.1 Å². The van der Waals surface area contributed by atoms with Gasteiger partial charge in [-0.3, -0.25) is 0 Å². The van der Waals surface area contributed by atoms with E-state index in [-0.39, 0.29) is 0 Å². The van der Waals surface area contributed by atoms with Crippen LogP contribution in [0, 0.1) is 6.92 Å². The van der Waals surface area contributed by atoms with Gasteiger partial charge in [0.15, 0.2) is 0 Å². The molecule has 0 spiro atoms. The number of rotatable bonds is 3. The third-order valence-electron chi connectivity index (χ3n) is 3.41. The van der Waals surface area contributed by atoms with Crippen molar-refractivity contribution in [3.8, 4) is 0 Å². The molecule has 1 aromatic carbocycles. The van der Waals surface area contributed by atoms with Crippen LogP contribution < -0.4 is 0 Å². The van der Waals surface area contributed by atoms with E-state index >= 15 is 0 Å². The van der Waals surface area contributed by atoms with Crippen LogP contribution in [0.1, 0.15) is 43.5 Å². The summed E-state index contributed by atoms with van der Waals surface area (Å²) < 4.78 is 0. The number of H-pyrrole nitrogens is 1. The molecule has 0 fully saturated rings. The Hall–Kier alpha value is -2.03. The number of hydrogen-bond donors (Lipinski definition) is 2. The van der Waals surface area contributed by atoms with Crippen molar-refractivity contribution in [3.05, 3.63) is 41.1 Å². The van der Waals surface area contributed by atoms with Gasteiger partial charge in [0.1, 0.15) is 0 Å². The molecule has 3 heteroatoms. The van der Waals surface area contributed by atoms with Crippen LogP contribution in [0.15, 0.2) is 24.3 Å². The Morgan fingerprint density at radius 1 is 1.37 bits per heavy atom. The lowest BCUT2D eigenvalue weighted by atomic mass is 9.97. The summed E-state index contributed by atoms with van der Waals surface area (Å²) in [6, 6.07) is 6.33. The van der Waals surface area contributed by atoms with Crippen molar-refractivity contribution in [2.75, 3.05) is 0 Å². The summed E-state index contributed by atoms with van der Waals surface area (Å²) in [4.78, 5) is 14.2. The Morgan fingerprint density at radius 3 is 2.63 bits per heavy atom. The average molecular weight is 257 g/mol. The van der Waals surface area contributed by atoms with Gasteiger partial charge in [0.2, 0.25) is 0 Å². The highest BCUT2D eigenvalue weighted by atomic mass is 16.4. The van der Waals surface area contributed by atoms with E-state index in [0.717, 1.165) is 27.7 Å². The molecule has 19 heavy (non-hydrogen) atoms. The fourth-order valence-electron chi connectivity index (χ4n) is 2.47. The summed E-state index contributed by atoms with van der Waals surface area (Å²) in [5, 5.41) is 10.00. The lowest BCUT2D eigenvalue weighted by Crippen LogP contribution is -1.91. The van der Waals surface area contributed by atoms with Crippen molar-refractivity contribution in [3.63, 3.8) is 0 Å². The van der Waals surface area contributed by atoms with Crippen LogP contribution in [-0.2, 0) is 4.79 Å². The molecule has 0 amide bonds. The highest BCUT2D eigenvalue weighted by Gasteiger charge is 2.12. The summed E-state index contributed by atoms with van der Waals surface area (Å²) >= 11 is 0. The molecule has 0 bridgehead atoms. The maximum absolute atomic E-state index is 10.8. The maximum atomic E-state index is 10.8. The second-order valence-corrected chi connectivity index (χ2v) is 5.25. The number of aliphatic carboxylic acids is 1. The second kappa shape index (κ2) is 4.92. The zero-order chi connectivity index (χ0) is 14.2. The first kappa shape index (κ1) is 13.4. The smallest absolute Gasteiger partial charge is 0.328 e. The first-order chi connectivity index (χ1) is 8.90. The van der Waals surface area contributed by atoms with Gasteiger partial charge < -0.3 is 10.1 Å². The van der Waals surface area contributed by atoms with E-state index in [9.17, 15) is 4.79 Å². The zero-order valence-electron chi connectivity index (χ0n) is 11.7. The number of fused-ring (bicyclic) bond motifs is 1. The van der Waals surface area contributed by atoms with Crippen molar-refractivity contribution in [2.24, 2.45) is 0 Å². The standard InChI is InChI=1S/C16H19NO2/c1-9(2)12-5-6-14-13(8-12)16(11(4)17-14)10(3)7-15(18)19/h5-9,17H,1-4H3,(H,18,19)/b10-7+. The van der Waals surface area contributed by atoms with Crippen LogP contribution in [0.5, 0.6) is 0 Å². The van der Waals surface area contributed by atoms with Crippen LogP contribution in [0.4, 0.5) is 0 Å². The molecule has 0 aliphatic carbocycles. The van der Waals surface area contributed by atoms with Gasteiger partial charge in [-0.1, -0.05) is 19.9 Å². The molecule has 1 aromatic heterocycles. The number of nitrogens with one attached hydrogen (secondary N) is 1. The normalized spacial score (nSPS) is 12.4.